The number of ether oxygens (including phenoxy) is 1. The highest BCUT2D eigenvalue weighted by Crippen LogP contribution is 2.00. The molecule has 0 fully saturated rings. The maximum Gasteiger partial charge on any atom is 0.234 e. The summed E-state index contributed by atoms with van der Waals surface area (Å²) in [7, 11) is 0. The normalized spacial score (nSPS) is 9.59. The van der Waals surface area contributed by atoms with E-state index in [0.29, 0.717) is 19.8 Å². The van der Waals surface area contributed by atoms with Crippen molar-refractivity contribution < 1.29 is 9.53 Å². The number of amides is 1. The minimum atomic E-state index is -0.226. The molecule has 4 nitrogen and oxygen atoms in total. The minimum absolute atomic E-state index is 0.0785. The van der Waals surface area contributed by atoms with Crippen LogP contribution >= 0.6 is 0 Å². The summed E-state index contributed by atoms with van der Waals surface area (Å²) in [5.41, 5.74) is 1.14. The molecule has 0 aromatic heterocycles. The number of rotatable bonds is 7. The van der Waals surface area contributed by atoms with Crippen LogP contribution in [-0.4, -0.2) is 19.1 Å². The predicted molar refractivity (Wildman–Crippen MR) is 64.0 cm³/mol. The smallest absolute Gasteiger partial charge is 0.234 e. The van der Waals surface area contributed by atoms with Crippen LogP contribution in [0.3, 0.4) is 0 Å². The molecule has 1 aromatic rings. The molecule has 0 saturated carbocycles. The molecule has 0 heterocycles. The lowest BCUT2D eigenvalue weighted by atomic mass is 10.2. The molecule has 90 valence electrons. The molecule has 1 N–H and O–H groups in total. The van der Waals surface area contributed by atoms with Gasteiger partial charge in [-0.2, -0.15) is 5.26 Å². The van der Waals surface area contributed by atoms with E-state index in [0.717, 1.165) is 12.0 Å². The van der Waals surface area contributed by atoms with Crippen molar-refractivity contribution in [3.05, 3.63) is 35.9 Å². The van der Waals surface area contributed by atoms with Crippen molar-refractivity contribution in [3.63, 3.8) is 0 Å². The third-order valence-corrected chi connectivity index (χ3v) is 2.14. The van der Waals surface area contributed by atoms with Crippen molar-refractivity contribution >= 4 is 5.91 Å². The first-order valence-electron chi connectivity index (χ1n) is 5.58. The van der Waals surface area contributed by atoms with Crippen LogP contribution in [0.2, 0.25) is 0 Å². The second kappa shape index (κ2) is 8.31. The molecule has 0 bridgehead atoms. The Labute approximate surface area is 101 Å². The molecule has 17 heavy (non-hydrogen) atoms. The first-order chi connectivity index (χ1) is 8.33. The van der Waals surface area contributed by atoms with Gasteiger partial charge in [-0.15, -0.1) is 0 Å². The Kier molecular flexibility index (Phi) is 6.46. The number of hydrogen-bond acceptors (Lipinski definition) is 3. The molecule has 1 amide bonds. The summed E-state index contributed by atoms with van der Waals surface area (Å²) in [4.78, 5) is 10.9. The zero-order valence-corrected chi connectivity index (χ0v) is 9.69. The van der Waals surface area contributed by atoms with E-state index in [1.807, 2.05) is 30.3 Å². The Balaban J connectivity index is 1.99. The van der Waals surface area contributed by atoms with E-state index < -0.39 is 0 Å². The van der Waals surface area contributed by atoms with Crippen molar-refractivity contribution in [1.29, 1.82) is 5.26 Å². The van der Waals surface area contributed by atoms with E-state index >= 15 is 0 Å². The lowest BCUT2D eigenvalue weighted by Crippen LogP contribution is -2.24. The van der Waals surface area contributed by atoms with Crippen molar-refractivity contribution in [2.45, 2.75) is 19.4 Å². The first-order valence-corrected chi connectivity index (χ1v) is 5.58. The van der Waals surface area contributed by atoms with Crippen LogP contribution in [0.5, 0.6) is 0 Å². The Morgan fingerprint density at radius 2 is 2.12 bits per heavy atom. The molecule has 1 aromatic carbocycles. The lowest BCUT2D eigenvalue weighted by molar-refractivity contribution is -0.120. The summed E-state index contributed by atoms with van der Waals surface area (Å²) < 4.78 is 5.45. The molecule has 0 radical (unpaired) electrons. The Morgan fingerprint density at radius 3 is 2.82 bits per heavy atom. The summed E-state index contributed by atoms with van der Waals surface area (Å²) in [6, 6.07) is 11.7. The molecular formula is C13H16N2O2. The maximum absolute atomic E-state index is 10.9. The number of nitriles is 1. The number of benzene rings is 1. The summed E-state index contributed by atoms with van der Waals surface area (Å²) in [6.45, 7) is 1.74. The summed E-state index contributed by atoms with van der Waals surface area (Å²) in [5.74, 6) is -0.226. The molecule has 1 rings (SSSR count). The second-order valence-corrected chi connectivity index (χ2v) is 3.58. The molecular weight excluding hydrogens is 216 g/mol. The van der Waals surface area contributed by atoms with Gasteiger partial charge in [0.1, 0.15) is 6.42 Å². The molecule has 0 spiro atoms. The highest BCUT2D eigenvalue weighted by Gasteiger charge is 1.98. The van der Waals surface area contributed by atoms with Gasteiger partial charge in [0.05, 0.1) is 12.7 Å². The van der Waals surface area contributed by atoms with E-state index in [-0.39, 0.29) is 12.3 Å². The quantitative estimate of drug-likeness (QED) is 0.727. The number of carbonyl (C=O) groups is 1. The Bertz CT molecular complexity index is 371. The molecule has 0 aliphatic heterocycles. The summed E-state index contributed by atoms with van der Waals surface area (Å²) in [6.07, 6.45) is 0.675. The fourth-order valence-corrected chi connectivity index (χ4v) is 1.30. The third-order valence-electron chi connectivity index (χ3n) is 2.14. The largest absolute Gasteiger partial charge is 0.377 e. The van der Waals surface area contributed by atoms with E-state index in [1.54, 1.807) is 6.07 Å². The van der Waals surface area contributed by atoms with E-state index in [9.17, 15) is 4.79 Å². The second-order valence-electron chi connectivity index (χ2n) is 3.58. The Hall–Kier alpha value is -1.86. The van der Waals surface area contributed by atoms with Crippen LogP contribution < -0.4 is 5.32 Å². The predicted octanol–water partition coefficient (Wildman–Crippen LogP) is 1.62. The zero-order valence-electron chi connectivity index (χ0n) is 9.69. The molecule has 0 aliphatic carbocycles. The van der Waals surface area contributed by atoms with Crippen LogP contribution in [0, 0.1) is 11.3 Å². The Morgan fingerprint density at radius 1 is 1.35 bits per heavy atom. The number of nitrogens with one attached hydrogen (secondary N) is 1. The van der Waals surface area contributed by atoms with E-state index in [4.69, 9.17) is 10.00 Å². The highest BCUT2D eigenvalue weighted by atomic mass is 16.5. The van der Waals surface area contributed by atoms with Crippen LogP contribution in [-0.2, 0) is 16.1 Å². The van der Waals surface area contributed by atoms with Gasteiger partial charge in [-0.05, 0) is 12.0 Å². The maximum atomic E-state index is 10.9. The SMILES string of the molecule is N#CCC(=O)NCCCOCc1ccccc1. The van der Waals surface area contributed by atoms with Gasteiger partial charge >= 0.3 is 0 Å². The number of hydrogen-bond donors (Lipinski definition) is 1. The molecule has 0 unspecified atom stereocenters. The van der Waals surface area contributed by atoms with Crippen LogP contribution in [0.1, 0.15) is 18.4 Å². The first kappa shape index (κ1) is 13.2. The van der Waals surface area contributed by atoms with Crippen molar-refractivity contribution in [2.75, 3.05) is 13.2 Å². The van der Waals surface area contributed by atoms with E-state index in [1.165, 1.54) is 0 Å². The topological polar surface area (TPSA) is 62.1 Å². The average Bonchev–Trinajstić information content (AvgIpc) is 2.35. The van der Waals surface area contributed by atoms with Gasteiger partial charge in [0.2, 0.25) is 5.91 Å². The molecule has 0 aliphatic rings. The fourth-order valence-electron chi connectivity index (χ4n) is 1.30. The third kappa shape index (κ3) is 6.33. The lowest BCUT2D eigenvalue weighted by Gasteiger charge is -2.05. The van der Waals surface area contributed by atoms with Crippen LogP contribution in [0.4, 0.5) is 0 Å². The van der Waals surface area contributed by atoms with E-state index in [2.05, 4.69) is 5.32 Å². The standard InChI is InChI=1S/C13H16N2O2/c14-8-7-13(16)15-9-4-10-17-11-12-5-2-1-3-6-12/h1-3,5-6H,4,7,9-11H2,(H,15,16). The minimum Gasteiger partial charge on any atom is -0.377 e. The van der Waals surface area contributed by atoms with Crippen LogP contribution in [0.15, 0.2) is 30.3 Å². The van der Waals surface area contributed by atoms with Gasteiger partial charge in [0, 0.05) is 13.2 Å². The fraction of sp³-hybridized carbons (Fsp3) is 0.385. The molecule has 0 atom stereocenters. The van der Waals surface area contributed by atoms with Crippen molar-refractivity contribution in [1.82, 2.24) is 5.32 Å². The van der Waals surface area contributed by atoms with Gasteiger partial charge in [-0.1, -0.05) is 30.3 Å². The number of nitrogens with zero attached hydrogens (tertiary/aromatic N) is 1. The number of carbonyl (C=O) groups excluding carboxylic acids is 1. The van der Waals surface area contributed by atoms with Gasteiger partial charge in [-0.25, -0.2) is 0 Å². The monoisotopic (exact) mass is 232 g/mol. The van der Waals surface area contributed by atoms with Crippen molar-refractivity contribution in [3.8, 4) is 6.07 Å². The van der Waals surface area contributed by atoms with Crippen LogP contribution in [0.25, 0.3) is 0 Å². The van der Waals surface area contributed by atoms with Gasteiger partial charge in [-0.3, -0.25) is 4.79 Å². The van der Waals surface area contributed by atoms with Gasteiger partial charge < -0.3 is 10.1 Å². The zero-order chi connectivity index (χ0) is 12.3. The molecule has 0 saturated heterocycles. The molecule has 4 heteroatoms. The summed E-state index contributed by atoms with van der Waals surface area (Å²) in [5, 5.41) is 10.9. The highest BCUT2D eigenvalue weighted by molar-refractivity contribution is 5.77. The summed E-state index contributed by atoms with van der Waals surface area (Å²) >= 11 is 0. The van der Waals surface area contributed by atoms with Crippen molar-refractivity contribution in [2.24, 2.45) is 0 Å². The average molecular weight is 232 g/mol. The van der Waals surface area contributed by atoms with Gasteiger partial charge in [0.15, 0.2) is 0 Å². The van der Waals surface area contributed by atoms with Gasteiger partial charge in [0.25, 0.3) is 0 Å².